The summed E-state index contributed by atoms with van der Waals surface area (Å²) in [5.74, 6) is -0.161. The molecule has 0 aliphatic heterocycles. The van der Waals surface area contributed by atoms with Crippen molar-refractivity contribution in [3.05, 3.63) is 35.1 Å². The molecule has 1 aromatic rings. The van der Waals surface area contributed by atoms with Crippen LogP contribution in [0.3, 0.4) is 0 Å². The molecule has 0 aliphatic carbocycles. The van der Waals surface area contributed by atoms with Crippen LogP contribution in [0.5, 0.6) is 0 Å². The zero-order valence-electron chi connectivity index (χ0n) is 10.5. The lowest BCUT2D eigenvalue weighted by Crippen LogP contribution is -2.36. The van der Waals surface area contributed by atoms with Crippen molar-refractivity contribution in [3.8, 4) is 0 Å². The first-order chi connectivity index (χ1) is 7.33. The van der Waals surface area contributed by atoms with Crippen LogP contribution in [-0.4, -0.2) is 12.6 Å². The third-order valence-corrected chi connectivity index (χ3v) is 2.66. The van der Waals surface area contributed by atoms with Crippen molar-refractivity contribution < 1.29 is 4.39 Å². The molecule has 90 valence electrons. The number of benzene rings is 1. The molecular formula is C13H21FN2. The number of nitrogens with two attached hydrogens (primary N) is 1. The number of hydrogen-bond donors (Lipinski definition) is 2. The van der Waals surface area contributed by atoms with E-state index in [4.69, 9.17) is 5.73 Å². The highest BCUT2D eigenvalue weighted by molar-refractivity contribution is 5.26. The Morgan fingerprint density at radius 3 is 2.50 bits per heavy atom. The predicted molar refractivity (Wildman–Crippen MR) is 65.8 cm³/mol. The van der Waals surface area contributed by atoms with E-state index in [0.29, 0.717) is 5.56 Å². The molecule has 0 aromatic heterocycles. The van der Waals surface area contributed by atoms with Gasteiger partial charge in [0.1, 0.15) is 5.82 Å². The standard InChI is InChI=1S/C13H21FN2/c1-9-7-10(5-6-11(9)14)12(16-4)8-13(2,3)15/h5-7,12,16H,8,15H2,1-4H3. The van der Waals surface area contributed by atoms with Crippen LogP contribution >= 0.6 is 0 Å². The van der Waals surface area contributed by atoms with Crippen molar-refractivity contribution in [3.63, 3.8) is 0 Å². The molecule has 0 saturated carbocycles. The minimum Gasteiger partial charge on any atom is -0.325 e. The zero-order chi connectivity index (χ0) is 12.3. The molecule has 2 nitrogen and oxygen atoms in total. The first kappa shape index (κ1) is 13.1. The second-order valence-electron chi connectivity index (χ2n) is 5.04. The van der Waals surface area contributed by atoms with Gasteiger partial charge in [0.2, 0.25) is 0 Å². The second kappa shape index (κ2) is 4.93. The van der Waals surface area contributed by atoms with Crippen molar-refractivity contribution in [1.82, 2.24) is 5.32 Å². The van der Waals surface area contributed by atoms with Crippen molar-refractivity contribution in [2.75, 3.05) is 7.05 Å². The molecular weight excluding hydrogens is 203 g/mol. The van der Waals surface area contributed by atoms with Gasteiger partial charge in [-0.25, -0.2) is 4.39 Å². The minimum atomic E-state index is -0.240. The third kappa shape index (κ3) is 3.58. The lowest BCUT2D eigenvalue weighted by molar-refractivity contribution is 0.395. The molecule has 0 bridgehead atoms. The zero-order valence-corrected chi connectivity index (χ0v) is 10.5. The summed E-state index contributed by atoms with van der Waals surface area (Å²) in [5.41, 5.74) is 7.52. The number of hydrogen-bond acceptors (Lipinski definition) is 2. The molecule has 16 heavy (non-hydrogen) atoms. The van der Waals surface area contributed by atoms with Crippen molar-refractivity contribution >= 4 is 0 Å². The topological polar surface area (TPSA) is 38.0 Å². The highest BCUT2D eigenvalue weighted by Crippen LogP contribution is 2.23. The SMILES string of the molecule is CNC(CC(C)(C)N)c1ccc(F)c(C)c1. The maximum absolute atomic E-state index is 13.2. The molecule has 1 unspecified atom stereocenters. The van der Waals surface area contributed by atoms with Gasteiger partial charge in [0, 0.05) is 11.6 Å². The quantitative estimate of drug-likeness (QED) is 0.824. The lowest BCUT2D eigenvalue weighted by Gasteiger charge is -2.26. The first-order valence-electron chi connectivity index (χ1n) is 5.55. The van der Waals surface area contributed by atoms with Crippen LogP contribution in [0.1, 0.15) is 37.4 Å². The van der Waals surface area contributed by atoms with Crippen LogP contribution < -0.4 is 11.1 Å². The van der Waals surface area contributed by atoms with Gasteiger partial charge in [0.15, 0.2) is 0 Å². The van der Waals surface area contributed by atoms with Crippen LogP contribution in [0, 0.1) is 12.7 Å². The summed E-state index contributed by atoms with van der Waals surface area (Å²) in [7, 11) is 1.90. The molecule has 0 heterocycles. The number of halogens is 1. The Hall–Kier alpha value is -0.930. The highest BCUT2D eigenvalue weighted by Gasteiger charge is 2.19. The molecule has 3 N–H and O–H groups in total. The minimum absolute atomic E-state index is 0.161. The molecule has 0 fully saturated rings. The van der Waals surface area contributed by atoms with Gasteiger partial charge >= 0.3 is 0 Å². The molecule has 0 amide bonds. The Morgan fingerprint density at radius 1 is 1.44 bits per heavy atom. The highest BCUT2D eigenvalue weighted by atomic mass is 19.1. The summed E-state index contributed by atoms with van der Waals surface area (Å²) in [6.07, 6.45) is 0.814. The Labute approximate surface area is 97.0 Å². The molecule has 1 atom stereocenters. The maximum Gasteiger partial charge on any atom is 0.126 e. The van der Waals surface area contributed by atoms with Crippen molar-refractivity contribution in [2.24, 2.45) is 5.73 Å². The second-order valence-corrected chi connectivity index (χ2v) is 5.04. The van der Waals surface area contributed by atoms with Gasteiger partial charge in [-0.05, 0) is 51.4 Å². The fourth-order valence-corrected chi connectivity index (χ4v) is 1.80. The van der Waals surface area contributed by atoms with Crippen molar-refractivity contribution in [1.29, 1.82) is 0 Å². The average Bonchev–Trinajstić information content (AvgIpc) is 2.17. The van der Waals surface area contributed by atoms with E-state index in [1.54, 1.807) is 6.92 Å². The Balaban J connectivity index is 2.91. The van der Waals surface area contributed by atoms with E-state index in [-0.39, 0.29) is 17.4 Å². The normalized spacial score (nSPS) is 13.9. The van der Waals surface area contributed by atoms with Gasteiger partial charge < -0.3 is 11.1 Å². The van der Waals surface area contributed by atoms with E-state index in [9.17, 15) is 4.39 Å². The fraction of sp³-hybridized carbons (Fsp3) is 0.538. The number of nitrogens with one attached hydrogen (secondary N) is 1. The Morgan fingerprint density at radius 2 is 2.06 bits per heavy atom. The molecule has 0 radical (unpaired) electrons. The van der Waals surface area contributed by atoms with Crippen LogP contribution in [0.15, 0.2) is 18.2 Å². The van der Waals surface area contributed by atoms with Crippen LogP contribution in [-0.2, 0) is 0 Å². The van der Waals surface area contributed by atoms with Crippen LogP contribution in [0.25, 0.3) is 0 Å². The Kier molecular flexibility index (Phi) is 4.05. The largest absolute Gasteiger partial charge is 0.325 e. The van der Waals surface area contributed by atoms with E-state index in [0.717, 1.165) is 12.0 Å². The molecule has 1 rings (SSSR count). The monoisotopic (exact) mass is 224 g/mol. The van der Waals surface area contributed by atoms with Crippen molar-refractivity contribution in [2.45, 2.75) is 38.8 Å². The summed E-state index contributed by atoms with van der Waals surface area (Å²) in [5, 5.41) is 3.22. The molecule has 0 saturated heterocycles. The molecule has 1 aromatic carbocycles. The summed E-state index contributed by atoms with van der Waals surface area (Å²) < 4.78 is 13.2. The maximum atomic E-state index is 13.2. The van der Waals surface area contributed by atoms with E-state index in [1.807, 2.05) is 33.0 Å². The van der Waals surface area contributed by atoms with Gasteiger partial charge in [0.25, 0.3) is 0 Å². The van der Waals surface area contributed by atoms with E-state index >= 15 is 0 Å². The van der Waals surface area contributed by atoms with Gasteiger partial charge in [-0.1, -0.05) is 12.1 Å². The third-order valence-electron chi connectivity index (χ3n) is 2.66. The smallest absolute Gasteiger partial charge is 0.126 e. The molecule has 0 spiro atoms. The first-order valence-corrected chi connectivity index (χ1v) is 5.55. The Bertz CT molecular complexity index is 355. The van der Waals surface area contributed by atoms with Crippen LogP contribution in [0.4, 0.5) is 4.39 Å². The number of rotatable bonds is 4. The van der Waals surface area contributed by atoms with Crippen LogP contribution in [0.2, 0.25) is 0 Å². The van der Waals surface area contributed by atoms with E-state index < -0.39 is 0 Å². The lowest BCUT2D eigenvalue weighted by atomic mass is 9.91. The van der Waals surface area contributed by atoms with Gasteiger partial charge in [-0.3, -0.25) is 0 Å². The summed E-state index contributed by atoms with van der Waals surface area (Å²) >= 11 is 0. The number of aryl methyl sites for hydroxylation is 1. The average molecular weight is 224 g/mol. The van der Waals surface area contributed by atoms with E-state index in [2.05, 4.69) is 5.32 Å². The predicted octanol–water partition coefficient (Wildman–Crippen LogP) is 2.52. The summed E-state index contributed by atoms with van der Waals surface area (Å²) in [6.45, 7) is 5.76. The molecule has 0 aliphatic rings. The van der Waals surface area contributed by atoms with Gasteiger partial charge in [-0.15, -0.1) is 0 Å². The summed E-state index contributed by atoms with van der Waals surface area (Å²) in [6, 6.07) is 5.37. The summed E-state index contributed by atoms with van der Waals surface area (Å²) in [4.78, 5) is 0. The van der Waals surface area contributed by atoms with Gasteiger partial charge in [-0.2, -0.15) is 0 Å². The van der Waals surface area contributed by atoms with E-state index in [1.165, 1.54) is 6.07 Å². The molecule has 3 heteroatoms. The fourth-order valence-electron chi connectivity index (χ4n) is 1.80. The van der Waals surface area contributed by atoms with Gasteiger partial charge in [0.05, 0.1) is 0 Å².